The zero-order valence-electron chi connectivity index (χ0n) is 15.2. The molecule has 5 heteroatoms. The van der Waals surface area contributed by atoms with E-state index in [0.29, 0.717) is 17.7 Å². The molecule has 132 valence electrons. The summed E-state index contributed by atoms with van der Waals surface area (Å²) in [6, 6.07) is 12.6. The fourth-order valence-corrected chi connectivity index (χ4v) is 2.33. The third-order valence-corrected chi connectivity index (χ3v) is 3.90. The molecule has 0 fully saturated rings. The van der Waals surface area contributed by atoms with Crippen LogP contribution in [0.2, 0.25) is 0 Å². The second kappa shape index (κ2) is 8.44. The van der Waals surface area contributed by atoms with Crippen molar-refractivity contribution >= 4 is 17.5 Å². The molecule has 0 aromatic heterocycles. The minimum absolute atomic E-state index is 0.136. The summed E-state index contributed by atoms with van der Waals surface area (Å²) in [6.45, 7) is 5.30. The quantitative estimate of drug-likeness (QED) is 0.851. The Morgan fingerprint density at radius 1 is 0.920 bits per heavy atom. The van der Waals surface area contributed by atoms with Gasteiger partial charge in [0.25, 0.3) is 11.8 Å². The van der Waals surface area contributed by atoms with Crippen LogP contribution in [0.3, 0.4) is 0 Å². The van der Waals surface area contributed by atoms with Gasteiger partial charge in [-0.3, -0.25) is 9.59 Å². The molecule has 2 rings (SSSR count). The van der Waals surface area contributed by atoms with Crippen LogP contribution in [0.5, 0.6) is 0 Å². The minimum atomic E-state index is -0.187. The molecule has 0 aliphatic heterocycles. The van der Waals surface area contributed by atoms with Crippen molar-refractivity contribution in [3.63, 3.8) is 0 Å². The number of anilines is 1. The first-order valence-corrected chi connectivity index (χ1v) is 8.28. The molecule has 0 heterocycles. The number of hydrogen-bond donors (Lipinski definition) is 2. The lowest BCUT2D eigenvalue weighted by atomic mass is 10.1. The van der Waals surface area contributed by atoms with Crippen LogP contribution in [-0.2, 0) is 0 Å². The van der Waals surface area contributed by atoms with Crippen LogP contribution < -0.4 is 10.6 Å². The Balaban J connectivity index is 2.00. The third-order valence-electron chi connectivity index (χ3n) is 3.90. The monoisotopic (exact) mass is 339 g/mol. The van der Waals surface area contributed by atoms with Crippen LogP contribution >= 0.6 is 0 Å². The van der Waals surface area contributed by atoms with Crippen molar-refractivity contribution in [2.24, 2.45) is 0 Å². The van der Waals surface area contributed by atoms with E-state index in [0.717, 1.165) is 23.4 Å². The van der Waals surface area contributed by atoms with Crippen molar-refractivity contribution in [3.8, 4) is 0 Å². The third kappa shape index (κ3) is 5.43. The number of aryl methyl sites for hydroxylation is 2. The van der Waals surface area contributed by atoms with Crippen molar-refractivity contribution in [3.05, 3.63) is 64.7 Å². The Morgan fingerprint density at radius 3 is 2.12 bits per heavy atom. The Hall–Kier alpha value is -2.66. The molecular weight excluding hydrogens is 314 g/mol. The molecule has 0 radical (unpaired) electrons. The number of nitrogens with one attached hydrogen (secondary N) is 2. The lowest BCUT2D eigenvalue weighted by molar-refractivity contribution is 0.0949. The maximum absolute atomic E-state index is 12.4. The average Bonchev–Trinajstić information content (AvgIpc) is 2.58. The number of carbonyl (C=O) groups is 2. The molecule has 0 aliphatic rings. The van der Waals surface area contributed by atoms with Gasteiger partial charge in [0.1, 0.15) is 0 Å². The van der Waals surface area contributed by atoms with Gasteiger partial charge in [0, 0.05) is 29.9 Å². The molecule has 0 unspecified atom stereocenters. The molecule has 2 amide bonds. The van der Waals surface area contributed by atoms with Gasteiger partial charge in [-0.15, -0.1) is 0 Å². The number of benzene rings is 2. The number of carbonyl (C=O) groups excluding carboxylic acids is 2. The predicted octanol–water partition coefficient (Wildman–Crippen LogP) is 2.85. The maximum Gasteiger partial charge on any atom is 0.255 e. The first-order chi connectivity index (χ1) is 11.9. The van der Waals surface area contributed by atoms with Crippen LogP contribution in [0.25, 0.3) is 0 Å². The summed E-state index contributed by atoms with van der Waals surface area (Å²) in [7, 11) is 3.91. The first kappa shape index (κ1) is 18.7. The fraction of sp³-hybridized carbons (Fsp3) is 0.300. The molecular formula is C20H25N3O2. The van der Waals surface area contributed by atoms with E-state index in [-0.39, 0.29) is 11.8 Å². The van der Waals surface area contributed by atoms with Crippen molar-refractivity contribution < 1.29 is 9.59 Å². The van der Waals surface area contributed by atoms with Gasteiger partial charge in [-0.25, -0.2) is 0 Å². The highest BCUT2D eigenvalue weighted by atomic mass is 16.2. The van der Waals surface area contributed by atoms with Crippen LogP contribution in [-0.4, -0.2) is 43.9 Å². The summed E-state index contributed by atoms with van der Waals surface area (Å²) >= 11 is 0. The maximum atomic E-state index is 12.4. The molecule has 25 heavy (non-hydrogen) atoms. The van der Waals surface area contributed by atoms with E-state index in [9.17, 15) is 9.59 Å². The van der Waals surface area contributed by atoms with Crippen LogP contribution in [0, 0.1) is 13.8 Å². The van der Waals surface area contributed by atoms with E-state index >= 15 is 0 Å². The summed E-state index contributed by atoms with van der Waals surface area (Å²) in [4.78, 5) is 26.4. The molecule has 5 nitrogen and oxygen atoms in total. The highest BCUT2D eigenvalue weighted by Gasteiger charge is 2.10. The average molecular weight is 339 g/mol. The van der Waals surface area contributed by atoms with Gasteiger partial charge in [-0.05, 0) is 69.4 Å². The van der Waals surface area contributed by atoms with Gasteiger partial charge in [-0.2, -0.15) is 0 Å². The molecule has 0 saturated carbocycles. The van der Waals surface area contributed by atoms with Gasteiger partial charge >= 0.3 is 0 Å². The summed E-state index contributed by atoms with van der Waals surface area (Å²) in [6.07, 6.45) is 0. The van der Waals surface area contributed by atoms with Crippen molar-refractivity contribution in [1.82, 2.24) is 10.2 Å². The largest absolute Gasteiger partial charge is 0.351 e. The summed E-state index contributed by atoms with van der Waals surface area (Å²) < 4.78 is 0. The van der Waals surface area contributed by atoms with Gasteiger partial charge < -0.3 is 15.5 Å². The van der Waals surface area contributed by atoms with Gasteiger partial charge in [-0.1, -0.05) is 12.1 Å². The van der Waals surface area contributed by atoms with Crippen molar-refractivity contribution in [2.45, 2.75) is 13.8 Å². The lowest BCUT2D eigenvalue weighted by Gasteiger charge is -2.11. The predicted molar refractivity (Wildman–Crippen MR) is 101 cm³/mol. The molecule has 0 saturated heterocycles. The Morgan fingerprint density at radius 2 is 1.52 bits per heavy atom. The number of amides is 2. The highest BCUT2D eigenvalue weighted by Crippen LogP contribution is 2.17. The highest BCUT2D eigenvalue weighted by molar-refractivity contribution is 6.05. The van der Waals surface area contributed by atoms with E-state index in [4.69, 9.17) is 0 Å². The summed E-state index contributed by atoms with van der Waals surface area (Å²) in [5, 5.41) is 5.77. The van der Waals surface area contributed by atoms with Crippen molar-refractivity contribution in [2.75, 3.05) is 32.5 Å². The first-order valence-electron chi connectivity index (χ1n) is 8.28. The summed E-state index contributed by atoms with van der Waals surface area (Å²) in [5.41, 5.74) is 3.96. The number of rotatable bonds is 6. The van der Waals surface area contributed by atoms with E-state index in [1.165, 1.54) is 0 Å². The van der Waals surface area contributed by atoms with Gasteiger partial charge in [0.05, 0.1) is 0 Å². The van der Waals surface area contributed by atoms with Gasteiger partial charge in [0.2, 0.25) is 0 Å². The zero-order chi connectivity index (χ0) is 18.4. The molecule has 2 aromatic rings. The molecule has 2 aromatic carbocycles. The fourth-order valence-electron chi connectivity index (χ4n) is 2.33. The Bertz CT molecular complexity index is 752. The molecule has 0 bridgehead atoms. The lowest BCUT2D eigenvalue weighted by Crippen LogP contribution is -2.31. The normalized spacial score (nSPS) is 10.6. The second-order valence-corrected chi connectivity index (χ2v) is 6.41. The van der Waals surface area contributed by atoms with Gasteiger partial charge in [0.15, 0.2) is 0 Å². The second-order valence-electron chi connectivity index (χ2n) is 6.41. The van der Waals surface area contributed by atoms with Crippen LogP contribution in [0.4, 0.5) is 5.69 Å². The number of nitrogens with zero attached hydrogens (tertiary/aromatic N) is 1. The van der Waals surface area contributed by atoms with Crippen LogP contribution in [0.1, 0.15) is 31.8 Å². The molecule has 0 atom stereocenters. The van der Waals surface area contributed by atoms with E-state index in [1.54, 1.807) is 24.3 Å². The molecule has 0 spiro atoms. The molecule has 0 aliphatic carbocycles. The number of likely N-dealkylation sites (N-methyl/N-ethyl adjacent to an activating group) is 1. The zero-order valence-corrected chi connectivity index (χ0v) is 15.2. The Labute approximate surface area is 149 Å². The van der Waals surface area contributed by atoms with E-state index < -0.39 is 0 Å². The topological polar surface area (TPSA) is 61.4 Å². The van der Waals surface area contributed by atoms with Crippen LogP contribution in [0.15, 0.2) is 42.5 Å². The van der Waals surface area contributed by atoms with E-state index in [1.807, 2.05) is 51.0 Å². The minimum Gasteiger partial charge on any atom is -0.351 e. The number of hydrogen-bond acceptors (Lipinski definition) is 3. The molecule has 2 N–H and O–H groups in total. The summed E-state index contributed by atoms with van der Waals surface area (Å²) in [5.74, 6) is -0.323. The van der Waals surface area contributed by atoms with E-state index in [2.05, 4.69) is 10.6 Å². The Kier molecular flexibility index (Phi) is 6.31. The van der Waals surface area contributed by atoms with Crippen molar-refractivity contribution in [1.29, 1.82) is 0 Å². The smallest absolute Gasteiger partial charge is 0.255 e. The standard InChI is InChI=1S/C20H25N3O2/c1-14-5-6-15(2)18(13-14)22-20(25)17-9-7-16(8-10-17)19(24)21-11-12-23(3)4/h5-10,13H,11-12H2,1-4H3,(H,21,24)(H,22,25). The SMILES string of the molecule is Cc1ccc(C)c(NC(=O)c2ccc(C(=O)NCCN(C)C)cc2)c1.